The normalized spacial score (nSPS) is 21.2. The standard InChI is InChI=1S/C16H27N3/c1-3-16(2,14-17)19-11-9-18(10-12-19)13-15-7-5-4-6-8-15/h4-8H,3,9-14,17H2,1-2H3. The molecule has 0 radical (unpaired) electrons. The largest absolute Gasteiger partial charge is 0.329 e. The van der Waals surface area contributed by atoms with Crippen molar-refractivity contribution in [3.63, 3.8) is 0 Å². The number of hydrogen-bond donors (Lipinski definition) is 1. The van der Waals surface area contributed by atoms with Crippen LogP contribution in [0, 0.1) is 0 Å². The van der Waals surface area contributed by atoms with Crippen molar-refractivity contribution in [3.8, 4) is 0 Å². The summed E-state index contributed by atoms with van der Waals surface area (Å²) in [6.45, 7) is 10.9. The van der Waals surface area contributed by atoms with Gasteiger partial charge in [0, 0.05) is 44.8 Å². The van der Waals surface area contributed by atoms with Gasteiger partial charge >= 0.3 is 0 Å². The molecular weight excluding hydrogens is 234 g/mol. The minimum Gasteiger partial charge on any atom is -0.329 e. The fraction of sp³-hybridized carbons (Fsp3) is 0.625. The summed E-state index contributed by atoms with van der Waals surface area (Å²) in [5.41, 5.74) is 7.54. The van der Waals surface area contributed by atoms with Gasteiger partial charge in [-0.25, -0.2) is 0 Å². The van der Waals surface area contributed by atoms with Gasteiger partial charge in [-0.3, -0.25) is 9.80 Å². The smallest absolute Gasteiger partial charge is 0.0302 e. The maximum atomic E-state index is 5.95. The summed E-state index contributed by atoms with van der Waals surface area (Å²) in [6.07, 6.45) is 1.13. The maximum absolute atomic E-state index is 5.95. The van der Waals surface area contributed by atoms with Crippen LogP contribution < -0.4 is 5.73 Å². The zero-order valence-electron chi connectivity index (χ0n) is 12.3. The Labute approximate surface area is 117 Å². The molecule has 1 aromatic rings. The first-order chi connectivity index (χ1) is 9.18. The van der Waals surface area contributed by atoms with E-state index < -0.39 is 0 Å². The lowest BCUT2D eigenvalue weighted by molar-refractivity contribution is 0.0414. The van der Waals surface area contributed by atoms with Gasteiger partial charge in [-0.2, -0.15) is 0 Å². The highest BCUT2D eigenvalue weighted by molar-refractivity contribution is 5.14. The van der Waals surface area contributed by atoms with Crippen LogP contribution >= 0.6 is 0 Å². The van der Waals surface area contributed by atoms with Crippen LogP contribution in [0.25, 0.3) is 0 Å². The first-order valence-corrected chi connectivity index (χ1v) is 7.39. The van der Waals surface area contributed by atoms with Crippen LogP contribution in [0.4, 0.5) is 0 Å². The van der Waals surface area contributed by atoms with Crippen LogP contribution in [0.3, 0.4) is 0 Å². The topological polar surface area (TPSA) is 32.5 Å². The Morgan fingerprint density at radius 1 is 1.11 bits per heavy atom. The summed E-state index contributed by atoms with van der Waals surface area (Å²) in [5.74, 6) is 0. The van der Waals surface area contributed by atoms with Gasteiger partial charge in [-0.05, 0) is 18.9 Å². The third-order valence-corrected chi connectivity index (χ3v) is 4.59. The Morgan fingerprint density at radius 3 is 2.26 bits per heavy atom. The third kappa shape index (κ3) is 3.56. The first kappa shape index (κ1) is 14.5. The highest BCUT2D eigenvalue weighted by Gasteiger charge is 2.31. The second kappa shape index (κ2) is 6.51. The van der Waals surface area contributed by atoms with Gasteiger partial charge in [0.15, 0.2) is 0 Å². The predicted octanol–water partition coefficient (Wildman–Crippen LogP) is 1.93. The van der Waals surface area contributed by atoms with Gasteiger partial charge in [-0.15, -0.1) is 0 Å². The summed E-state index contributed by atoms with van der Waals surface area (Å²) < 4.78 is 0. The van der Waals surface area contributed by atoms with Crippen LogP contribution in [-0.2, 0) is 6.54 Å². The lowest BCUT2D eigenvalue weighted by atomic mass is 9.95. The summed E-state index contributed by atoms with van der Waals surface area (Å²) in [7, 11) is 0. The van der Waals surface area contributed by atoms with Gasteiger partial charge in [0.05, 0.1) is 0 Å². The number of hydrogen-bond acceptors (Lipinski definition) is 3. The van der Waals surface area contributed by atoms with E-state index in [0.29, 0.717) is 0 Å². The minimum atomic E-state index is 0.179. The van der Waals surface area contributed by atoms with Crippen molar-refractivity contribution in [2.24, 2.45) is 5.73 Å². The van der Waals surface area contributed by atoms with E-state index in [1.54, 1.807) is 0 Å². The zero-order valence-corrected chi connectivity index (χ0v) is 12.3. The molecule has 0 amide bonds. The molecule has 1 unspecified atom stereocenters. The molecule has 1 aromatic carbocycles. The van der Waals surface area contributed by atoms with Gasteiger partial charge in [0.25, 0.3) is 0 Å². The highest BCUT2D eigenvalue weighted by Crippen LogP contribution is 2.20. The second-order valence-corrected chi connectivity index (χ2v) is 5.80. The van der Waals surface area contributed by atoms with Crippen molar-refractivity contribution in [2.45, 2.75) is 32.4 Å². The molecule has 1 heterocycles. The van der Waals surface area contributed by atoms with E-state index in [1.807, 2.05) is 0 Å². The number of benzene rings is 1. The molecule has 1 fully saturated rings. The average molecular weight is 261 g/mol. The molecule has 0 aliphatic carbocycles. The lowest BCUT2D eigenvalue weighted by Crippen LogP contribution is -2.58. The molecule has 1 saturated heterocycles. The molecule has 0 bridgehead atoms. The van der Waals surface area contributed by atoms with Crippen molar-refractivity contribution in [1.82, 2.24) is 9.80 Å². The van der Waals surface area contributed by atoms with Crippen molar-refractivity contribution in [2.75, 3.05) is 32.7 Å². The number of piperazine rings is 1. The summed E-state index contributed by atoms with van der Waals surface area (Å²) >= 11 is 0. The number of nitrogens with zero attached hydrogens (tertiary/aromatic N) is 2. The second-order valence-electron chi connectivity index (χ2n) is 5.80. The van der Waals surface area contributed by atoms with Crippen molar-refractivity contribution >= 4 is 0 Å². The van der Waals surface area contributed by atoms with Gasteiger partial charge in [0.2, 0.25) is 0 Å². The first-order valence-electron chi connectivity index (χ1n) is 7.39. The Bertz CT molecular complexity index is 365. The van der Waals surface area contributed by atoms with E-state index in [4.69, 9.17) is 5.73 Å². The molecular formula is C16H27N3. The number of nitrogens with two attached hydrogens (primary N) is 1. The molecule has 3 nitrogen and oxygen atoms in total. The summed E-state index contributed by atoms with van der Waals surface area (Å²) in [5, 5.41) is 0. The Morgan fingerprint density at radius 2 is 1.74 bits per heavy atom. The zero-order chi connectivity index (χ0) is 13.7. The van der Waals surface area contributed by atoms with Crippen molar-refractivity contribution in [1.29, 1.82) is 0 Å². The van der Waals surface area contributed by atoms with E-state index >= 15 is 0 Å². The third-order valence-electron chi connectivity index (χ3n) is 4.59. The van der Waals surface area contributed by atoms with Crippen LogP contribution in [0.2, 0.25) is 0 Å². The fourth-order valence-electron chi connectivity index (χ4n) is 2.78. The monoisotopic (exact) mass is 261 g/mol. The Kier molecular flexibility index (Phi) is 4.97. The average Bonchev–Trinajstić information content (AvgIpc) is 2.48. The molecule has 0 saturated carbocycles. The molecule has 2 N–H and O–H groups in total. The van der Waals surface area contributed by atoms with Crippen LogP contribution in [-0.4, -0.2) is 48.1 Å². The molecule has 1 atom stereocenters. The molecule has 19 heavy (non-hydrogen) atoms. The van der Waals surface area contributed by atoms with E-state index in [2.05, 4.69) is 54.0 Å². The fourth-order valence-corrected chi connectivity index (χ4v) is 2.78. The van der Waals surface area contributed by atoms with Gasteiger partial charge < -0.3 is 5.73 Å². The van der Waals surface area contributed by atoms with E-state index in [-0.39, 0.29) is 5.54 Å². The highest BCUT2D eigenvalue weighted by atomic mass is 15.3. The van der Waals surface area contributed by atoms with Gasteiger partial charge in [0.1, 0.15) is 0 Å². The van der Waals surface area contributed by atoms with E-state index in [1.165, 1.54) is 5.56 Å². The summed E-state index contributed by atoms with van der Waals surface area (Å²) in [4.78, 5) is 5.10. The van der Waals surface area contributed by atoms with Crippen LogP contribution in [0.1, 0.15) is 25.8 Å². The molecule has 1 aliphatic heterocycles. The Hall–Kier alpha value is -0.900. The quantitative estimate of drug-likeness (QED) is 0.879. The minimum absolute atomic E-state index is 0.179. The lowest BCUT2D eigenvalue weighted by Gasteiger charge is -2.45. The molecule has 2 rings (SSSR count). The molecule has 106 valence electrons. The molecule has 0 spiro atoms. The molecule has 1 aliphatic rings. The maximum Gasteiger partial charge on any atom is 0.0302 e. The van der Waals surface area contributed by atoms with Gasteiger partial charge in [-0.1, -0.05) is 37.3 Å². The van der Waals surface area contributed by atoms with Crippen molar-refractivity contribution in [3.05, 3.63) is 35.9 Å². The molecule has 0 aromatic heterocycles. The predicted molar refractivity (Wildman–Crippen MR) is 81.0 cm³/mol. The van der Waals surface area contributed by atoms with Crippen molar-refractivity contribution < 1.29 is 0 Å². The SMILES string of the molecule is CCC(C)(CN)N1CCN(Cc2ccccc2)CC1. The van der Waals surface area contributed by atoms with Crippen LogP contribution in [0.15, 0.2) is 30.3 Å². The molecule has 3 heteroatoms. The Balaban J connectivity index is 1.86. The summed E-state index contributed by atoms with van der Waals surface area (Å²) in [6, 6.07) is 10.7. The number of rotatable bonds is 5. The van der Waals surface area contributed by atoms with E-state index in [0.717, 1.165) is 45.7 Å². The van der Waals surface area contributed by atoms with Crippen LogP contribution in [0.5, 0.6) is 0 Å². The van der Waals surface area contributed by atoms with E-state index in [9.17, 15) is 0 Å².